The molecule has 0 radical (unpaired) electrons. The SMILES string of the molecule is O=S(=O)(NCC1CCCNC1)c1cccc(I)c1. The number of hydrogen-bond donors (Lipinski definition) is 2. The Hall–Kier alpha value is -0.180. The molecule has 1 aliphatic heterocycles. The molecular formula is C12H17IN2O2S. The molecule has 1 saturated heterocycles. The number of halogens is 1. The van der Waals surface area contributed by atoms with Crippen LogP contribution in [-0.2, 0) is 10.0 Å². The van der Waals surface area contributed by atoms with Crippen LogP contribution in [0.1, 0.15) is 12.8 Å². The van der Waals surface area contributed by atoms with Crippen molar-refractivity contribution in [3.63, 3.8) is 0 Å². The molecule has 6 heteroatoms. The summed E-state index contributed by atoms with van der Waals surface area (Å²) in [6.07, 6.45) is 2.21. The Kier molecular flexibility index (Phi) is 4.99. The maximum absolute atomic E-state index is 12.1. The molecule has 4 nitrogen and oxygen atoms in total. The topological polar surface area (TPSA) is 58.2 Å². The molecule has 0 saturated carbocycles. The minimum Gasteiger partial charge on any atom is -0.316 e. The molecule has 100 valence electrons. The standard InChI is InChI=1S/C12H17IN2O2S/c13-11-4-1-5-12(7-11)18(16,17)15-9-10-3-2-6-14-8-10/h1,4-5,7,10,14-15H,2-3,6,8-9H2. The smallest absolute Gasteiger partial charge is 0.240 e. The largest absolute Gasteiger partial charge is 0.316 e. The fourth-order valence-corrected chi connectivity index (χ4v) is 3.96. The summed E-state index contributed by atoms with van der Waals surface area (Å²) in [5.74, 6) is 0.399. The van der Waals surface area contributed by atoms with E-state index in [2.05, 4.69) is 32.6 Å². The van der Waals surface area contributed by atoms with E-state index in [9.17, 15) is 8.42 Å². The summed E-state index contributed by atoms with van der Waals surface area (Å²) in [6.45, 7) is 2.45. The highest BCUT2D eigenvalue weighted by molar-refractivity contribution is 14.1. The number of nitrogens with one attached hydrogen (secondary N) is 2. The first kappa shape index (κ1) is 14.2. The van der Waals surface area contributed by atoms with Crippen LogP contribution in [0.5, 0.6) is 0 Å². The average molecular weight is 380 g/mol. The Balaban J connectivity index is 1.98. The van der Waals surface area contributed by atoms with Gasteiger partial charge in [-0.15, -0.1) is 0 Å². The summed E-state index contributed by atoms with van der Waals surface area (Å²) in [5.41, 5.74) is 0. The van der Waals surface area contributed by atoms with E-state index in [1.54, 1.807) is 18.2 Å². The van der Waals surface area contributed by atoms with Gasteiger partial charge in [0.1, 0.15) is 0 Å². The lowest BCUT2D eigenvalue weighted by Crippen LogP contribution is -2.38. The van der Waals surface area contributed by atoms with Crippen molar-refractivity contribution >= 4 is 32.6 Å². The van der Waals surface area contributed by atoms with Crippen LogP contribution in [0.4, 0.5) is 0 Å². The molecule has 0 aliphatic carbocycles. The van der Waals surface area contributed by atoms with E-state index in [1.165, 1.54) is 0 Å². The van der Waals surface area contributed by atoms with Crippen LogP contribution in [0, 0.1) is 9.49 Å². The minimum absolute atomic E-state index is 0.346. The van der Waals surface area contributed by atoms with Gasteiger partial charge in [-0.25, -0.2) is 13.1 Å². The van der Waals surface area contributed by atoms with Gasteiger partial charge in [0.25, 0.3) is 0 Å². The van der Waals surface area contributed by atoms with Crippen LogP contribution in [0.25, 0.3) is 0 Å². The third kappa shape index (κ3) is 3.91. The minimum atomic E-state index is -3.36. The molecule has 1 aromatic rings. The number of benzene rings is 1. The summed E-state index contributed by atoms with van der Waals surface area (Å²) in [5, 5.41) is 3.28. The van der Waals surface area contributed by atoms with E-state index in [0.717, 1.165) is 29.5 Å². The van der Waals surface area contributed by atoms with E-state index in [4.69, 9.17) is 0 Å². The zero-order chi connectivity index (χ0) is 13.0. The van der Waals surface area contributed by atoms with Crippen molar-refractivity contribution in [3.8, 4) is 0 Å². The van der Waals surface area contributed by atoms with Crippen molar-refractivity contribution in [3.05, 3.63) is 27.8 Å². The van der Waals surface area contributed by atoms with Gasteiger partial charge in [0.2, 0.25) is 10.0 Å². The van der Waals surface area contributed by atoms with Crippen molar-refractivity contribution in [2.75, 3.05) is 19.6 Å². The van der Waals surface area contributed by atoms with Crippen LogP contribution in [0.3, 0.4) is 0 Å². The van der Waals surface area contributed by atoms with E-state index in [0.29, 0.717) is 17.4 Å². The van der Waals surface area contributed by atoms with E-state index < -0.39 is 10.0 Å². The molecule has 1 unspecified atom stereocenters. The normalized spacial score (nSPS) is 20.8. The van der Waals surface area contributed by atoms with Crippen LogP contribution < -0.4 is 10.0 Å². The summed E-state index contributed by atoms with van der Waals surface area (Å²) in [4.78, 5) is 0.346. The first-order chi connectivity index (χ1) is 8.58. The van der Waals surface area contributed by atoms with Gasteiger partial charge in [-0.05, 0) is 72.6 Å². The van der Waals surface area contributed by atoms with Gasteiger partial charge >= 0.3 is 0 Å². The molecule has 18 heavy (non-hydrogen) atoms. The number of piperidine rings is 1. The van der Waals surface area contributed by atoms with Gasteiger partial charge in [-0.2, -0.15) is 0 Å². The van der Waals surface area contributed by atoms with Crippen LogP contribution >= 0.6 is 22.6 Å². The number of hydrogen-bond acceptors (Lipinski definition) is 3. The molecular weight excluding hydrogens is 363 g/mol. The van der Waals surface area contributed by atoms with Crippen molar-refractivity contribution in [1.82, 2.24) is 10.0 Å². The quantitative estimate of drug-likeness (QED) is 0.780. The molecule has 1 fully saturated rings. The Morgan fingerprint density at radius 2 is 2.28 bits per heavy atom. The van der Waals surface area contributed by atoms with Crippen molar-refractivity contribution in [2.24, 2.45) is 5.92 Å². The summed E-state index contributed by atoms with van der Waals surface area (Å²) in [6, 6.07) is 6.95. The molecule has 1 aromatic carbocycles. The van der Waals surface area contributed by atoms with E-state index in [1.807, 2.05) is 6.07 Å². The lowest BCUT2D eigenvalue weighted by molar-refractivity contribution is 0.376. The molecule has 0 spiro atoms. The predicted molar refractivity (Wildman–Crippen MR) is 79.9 cm³/mol. The van der Waals surface area contributed by atoms with E-state index >= 15 is 0 Å². The second kappa shape index (κ2) is 6.31. The van der Waals surface area contributed by atoms with Gasteiger partial charge in [0, 0.05) is 10.1 Å². The molecule has 1 atom stereocenters. The van der Waals surface area contributed by atoms with Crippen molar-refractivity contribution < 1.29 is 8.42 Å². The molecule has 1 aliphatic rings. The summed E-state index contributed by atoms with van der Waals surface area (Å²) >= 11 is 2.11. The average Bonchev–Trinajstić information content (AvgIpc) is 2.38. The Labute approximate surface area is 122 Å². The molecule has 2 N–H and O–H groups in total. The highest BCUT2D eigenvalue weighted by atomic mass is 127. The van der Waals surface area contributed by atoms with Crippen LogP contribution in [-0.4, -0.2) is 28.1 Å². The summed E-state index contributed by atoms with van der Waals surface area (Å²) < 4.78 is 27.8. The van der Waals surface area contributed by atoms with Crippen LogP contribution in [0.15, 0.2) is 29.2 Å². The van der Waals surface area contributed by atoms with E-state index in [-0.39, 0.29) is 0 Å². The zero-order valence-electron chi connectivity index (χ0n) is 10.0. The Bertz CT molecular complexity index is 499. The van der Waals surface area contributed by atoms with Crippen molar-refractivity contribution in [2.45, 2.75) is 17.7 Å². The molecule has 0 aromatic heterocycles. The van der Waals surface area contributed by atoms with Gasteiger partial charge in [0.05, 0.1) is 4.90 Å². The zero-order valence-corrected chi connectivity index (χ0v) is 13.0. The monoisotopic (exact) mass is 380 g/mol. The fourth-order valence-electron chi connectivity index (χ4n) is 2.04. The number of sulfonamides is 1. The second-order valence-electron chi connectivity index (χ2n) is 4.52. The Morgan fingerprint density at radius 3 is 2.94 bits per heavy atom. The first-order valence-corrected chi connectivity index (χ1v) is 8.60. The third-order valence-corrected chi connectivity index (χ3v) is 5.16. The van der Waals surface area contributed by atoms with Gasteiger partial charge in [-0.3, -0.25) is 0 Å². The lowest BCUT2D eigenvalue weighted by atomic mass is 10.0. The maximum atomic E-state index is 12.1. The summed E-state index contributed by atoms with van der Waals surface area (Å²) in [7, 11) is -3.36. The van der Waals surface area contributed by atoms with Gasteiger partial charge in [0.15, 0.2) is 0 Å². The third-order valence-electron chi connectivity index (χ3n) is 3.07. The van der Waals surface area contributed by atoms with Gasteiger partial charge < -0.3 is 5.32 Å². The molecule has 2 rings (SSSR count). The second-order valence-corrected chi connectivity index (χ2v) is 7.53. The fraction of sp³-hybridized carbons (Fsp3) is 0.500. The first-order valence-electron chi connectivity index (χ1n) is 6.04. The molecule has 1 heterocycles. The molecule has 0 bridgehead atoms. The maximum Gasteiger partial charge on any atom is 0.240 e. The van der Waals surface area contributed by atoms with Crippen LogP contribution in [0.2, 0.25) is 0 Å². The lowest BCUT2D eigenvalue weighted by Gasteiger charge is -2.22. The predicted octanol–water partition coefficient (Wildman–Crippen LogP) is 1.57. The number of rotatable bonds is 4. The van der Waals surface area contributed by atoms with Gasteiger partial charge in [-0.1, -0.05) is 6.07 Å². The van der Waals surface area contributed by atoms with Crippen molar-refractivity contribution in [1.29, 1.82) is 0 Å². The molecule has 0 amide bonds. The highest BCUT2D eigenvalue weighted by Crippen LogP contribution is 2.14. The Morgan fingerprint density at radius 1 is 1.44 bits per heavy atom. The highest BCUT2D eigenvalue weighted by Gasteiger charge is 2.18.